The van der Waals surface area contributed by atoms with Crippen molar-refractivity contribution in [1.82, 2.24) is 4.98 Å². The van der Waals surface area contributed by atoms with Gasteiger partial charge in [0.15, 0.2) is 0 Å². The number of nitrogen functional groups attached to an aromatic ring is 1. The van der Waals surface area contributed by atoms with Crippen molar-refractivity contribution in [3.8, 4) is 0 Å². The lowest BCUT2D eigenvalue weighted by Gasteiger charge is -2.36. The van der Waals surface area contributed by atoms with Gasteiger partial charge in [-0.15, -0.1) is 0 Å². The molecule has 1 aliphatic rings. The Morgan fingerprint density at radius 1 is 1.40 bits per heavy atom. The van der Waals surface area contributed by atoms with Crippen LogP contribution < -0.4 is 10.6 Å². The highest BCUT2D eigenvalue weighted by atomic mass is 15.2. The van der Waals surface area contributed by atoms with Crippen molar-refractivity contribution in [2.24, 2.45) is 11.7 Å². The second-order valence-electron chi connectivity index (χ2n) is 5.93. The molecule has 1 aromatic heterocycles. The number of rotatable bonds is 4. The lowest BCUT2D eigenvalue weighted by Crippen LogP contribution is -2.37. The molecule has 110 valence electrons. The molecule has 0 aromatic carbocycles. The molecule has 2 rings (SSSR count). The molecule has 0 unspecified atom stereocenters. The van der Waals surface area contributed by atoms with Crippen LogP contribution in [0.2, 0.25) is 0 Å². The molecule has 20 heavy (non-hydrogen) atoms. The summed E-state index contributed by atoms with van der Waals surface area (Å²) >= 11 is 0. The topological polar surface area (TPSA) is 66.0 Å². The summed E-state index contributed by atoms with van der Waals surface area (Å²) in [5.74, 6) is 1.86. The monoisotopic (exact) mass is 274 g/mol. The first-order chi connectivity index (χ1) is 9.54. The fourth-order valence-electron chi connectivity index (χ4n) is 3.26. The van der Waals surface area contributed by atoms with Gasteiger partial charge in [0, 0.05) is 19.3 Å². The van der Waals surface area contributed by atoms with E-state index in [2.05, 4.69) is 23.9 Å². The standard InChI is InChI=1S/C16H26N4/c1-4-12-5-7-13(8-6-12)20(3)16-14(15(17)18)11(2)9-10-19-16/h9-10,12-13H,4-8H2,1-3H3,(H3,17,18). The zero-order valence-corrected chi connectivity index (χ0v) is 12.8. The quantitative estimate of drug-likeness (QED) is 0.655. The van der Waals surface area contributed by atoms with Gasteiger partial charge in [0.1, 0.15) is 11.7 Å². The Kier molecular flexibility index (Phi) is 4.63. The first-order valence-electron chi connectivity index (χ1n) is 7.57. The maximum Gasteiger partial charge on any atom is 0.139 e. The second kappa shape index (κ2) is 6.25. The van der Waals surface area contributed by atoms with Gasteiger partial charge >= 0.3 is 0 Å². The Balaban J connectivity index is 2.20. The van der Waals surface area contributed by atoms with Crippen molar-refractivity contribution < 1.29 is 0 Å². The van der Waals surface area contributed by atoms with Crippen molar-refractivity contribution >= 4 is 11.7 Å². The molecule has 0 saturated heterocycles. The zero-order valence-electron chi connectivity index (χ0n) is 12.8. The van der Waals surface area contributed by atoms with Gasteiger partial charge in [-0.25, -0.2) is 4.98 Å². The maximum atomic E-state index is 7.80. The van der Waals surface area contributed by atoms with E-state index in [9.17, 15) is 0 Å². The summed E-state index contributed by atoms with van der Waals surface area (Å²) in [4.78, 5) is 6.71. The molecule has 0 aliphatic heterocycles. The van der Waals surface area contributed by atoms with Gasteiger partial charge in [0.25, 0.3) is 0 Å². The van der Waals surface area contributed by atoms with Crippen LogP contribution in [0, 0.1) is 18.3 Å². The summed E-state index contributed by atoms with van der Waals surface area (Å²) < 4.78 is 0. The minimum Gasteiger partial charge on any atom is -0.384 e. The van der Waals surface area contributed by atoms with E-state index < -0.39 is 0 Å². The van der Waals surface area contributed by atoms with E-state index >= 15 is 0 Å². The van der Waals surface area contributed by atoms with Crippen molar-refractivity contribution in [2.75, 3.05) is 11.9 Å². The van der Waals surface area contributed by atoms with Crippen LogP contribution in [0.25, 0.3) is 0 Å². The molecule has 3 N–H and O–H groups in total. The molecule has 0 amide bonds. The van der Waals surface area contributed by atoms with Crippen LogP contribution in [0.3, 0.4) is 0 Å². The van der Waals surface area contributed by atoms with Crippen LogP contribution in [-0.2, 0) is 0 Å². The molecular weight excluding hydrogens is 248 g/mol. The molecule has 1 saturated carbocycles. The number of aromatic nitrogens is 1. The smallest absolute Gasteiger partial charge is 0.139 e. The number of pyridine rings is 1. The lowest BCUT2D eigenvalue weighted by molar-refractivity contribution is 0.313. The summed E-state index contributed by atoms with van der Waals surface area (Å²) in [6.07, 6.45) is 8.12. The predicted molar refractivity (Wildman–Crippen MR) is 84.4 cm³/mol. The Morgan fingerprint density at radius 3 is 2.60 bits per heavy atom. The van der Waals surface area contributed by atoms with Crippen LogP contribution in [-0.4, -0.2) is 23.9 Å². The average Bonchev–Trinajstić information content (AvgIpc) is 2.46. The van der Waals surface area contributed by atoms with Crippen LogP contribution >= 0.6 is 0 Å². The SMILES string of the molecule is CCC1CCC(N(C)c2nccc(C)c2C(=N)N)CC1. The maximum absolute atomic E-state index is 7.80. The minimum atomic E-state index is 0.111. The number of aryl methyl sites for hydroxylation is 1. The van der Waals surface area contributed by atoms with Crippen molar-refractivity contribution in [3.05, 3.63) is 23.4 Å². The number of amidine groups is 1. The highest BCUT2D eigenvalue weighted by Gasteiger charge is 2.25. The molecule has 0 radical (unpaired) electrons. The zero-order chi connectivity index (χ0) is 14.7. The van der Waals surface area contributed by atoms with E-state index in [-0.39, 0.29) is 5.84 Å². The van der Waals surface area contributed by atoms with E-state index in [1.807, 2.05) is 19.2 Å². The van der Waals surface area contributed by atoms with E-state index in [4.69, 9.17) is 11.1 Å². The van der Waals surface area contributed by atoms with Gasteiger partial charge in [-0.05, 0) is 50.2 Å². The molecular formula is C16H26N4. The van der Waals surface area contributed by atoms with E-state index in [1.165, 1.54) is 32.1 Å². The molecule has 1 heterocycles. The highest BCUT2D eigenvalue weighted by molar-refractivity contribution is 6.01. The van der Waals surface area contributed by atoms with Gasteiger partial charge in [-0.1, -0.05) is 13.3 Å². The third kappa shape index (κ3) is 2.94. The van der Waals surface area contributed by atoms with Gasteiger partial charge in [0.2, 0.25) is 0 Å². The van der Waals surface area contributed by atoms with Crippen LogP contribution in [0.1, 0.15) is 50.2 Å². The molecule has 4 nitrogen and oxygen atoms in total. The number of nitrogens with one attached hydrogen (secondary N) is 1. The minimum absolute atomic E-state index is 0.111. The number of anilines is 1. The highest BCUT2D eigenvalue weighted by Crippen LogP contribution is 2.32. The number of hydrogen-bond acceptors (Lipinski definition) is 3. The third-order valence-corrected chi connectivity index (χ3v) is 4.68. The molecule has 0 spiro atoms. The summed E-state index contributed by atoms with van der Waals surface area (Å²) in [6, 6.07) is 2.44. The summed E-state index contributed by atoms with van der Waals surface area (Å²) in [6.45, 7) is 4.27. The van der Waals surface area contributed by atoms with Crippen molar-refractivity contribution in [1.29, 1.82) is 5.41 Å². The van der Waals surface area contributed by atoms with E-state index in [1.54, 1.807) is 0 Å². The van der Waals surface area contributed by atoms with E-state index in [0.717, 1.165) is 22.9 Å². The van der Waals surface area contributed by atoms with Crippen LogP contribution in [0.5, 0.6) is 0 Å². The van der Waals surface area contributed by atoms with Crippen molar-refractivity contribution in [2.45, 2.75) is 52.0 Å². The first-order valence-corrected chi connectivity index (χ1v) is 7.57. The average molecular weight is 274 g/mol. The first kappa shape index (κ1) is 14.8. The Morgan fingerprint density at radius 2 is 2.05 bits per heavy atom. The Labute approximate surface area is 121 Å². The molecule has 1 aliphatic carbocycles. The summed E-state index contributed by atoms with van der Waals surface area (Å²) in [5, 5.41) is 7.80. The van der Waals surface area contributed by atoms with Gasteiger partial charge in [-0.3, -0.25) is 5.41 Å². The molecule has 1 aromatic rings. The fraction of sp³-hybridized carbons (Fsp3) is 0.625. The molecule has 0 bridgehead atoms. The van der Waals surface area contributed by atoms with Crippen molar-refractivity contribution in [3.63, 3.8) is 0 Å². The molecule has 4 heteroatoms. The Hall–Kier alpha value is -1.58. The third-order valence-electron chi connectivity index (χ3n) is 4.68. The Bertz CT molecular complexity index is 475. The van der Waals surface area contributed by atoms with Gasteiger partial charge in [-0.2, -0.15) is 0 Å². The lowest BCUT2D eigenvalue weighted by atomic mass is 9.84. The predicted octanol–water partition coefficient (Wildman–Crippen LogP) is 3.08. The largest absolute Gasteiger partial charge is 0.384 e. The van der Waals surface area contributed by atoms with Gasteiger partial charge < -0.3 is 10.6 Å². The van der Waals surface area contributed by atoms with Crippen LogP contribution in [0.15, 0.2) is 12.3 Å². The number of nitrogens with zero attached hydrogens (tertiary/aromatic N) is 2. The summed E-state index contributed by atoms with van der Waals surface area (Å²) in [7, 11) is 2.09. The number of hydrogen-bond donors (Lipinski definition) is 2. The molecule has 0 atom stereocenters. The number of nitrogens with two attached hydrogens (primary N) is 1. The second-order valence-corrected chi connectivity index (χ2v) is 5.93. The fourth-order valence-corrected chi connectivity index (χ4v) is 3.26. The molecule has 1 fully saturated rings. The summed E-state index contributed by atoms with van der Waals surface area (Å²) in [5.41, 5.74) is 7.55. The normalized spacial score (nSPS) is 22.6. The van der Waals surface area contributed by atoms with E-state index in [0.29, 0.717) is 6.04 Å². The van der Waals surface area contributed by atoms with Gasteiger partial charge in [0.05, 0.1) is 5.56 Å². The van der Waals surface area contributed by atoms with Crippen LogP contribution in [0.4, 0.5) is 5.82 Å².